The summed E-state index contributed by atoms with van der Waals surface area (Å²) in [6.45, 7) is 3.03. The maximum Gasteiger partial charge on any atom is 0.331 e. The molecule has 7 heteroatoms. The molecule has 0 spiro atoms. The molecule has 0 saturated heterocycles. The van der Waals surface area contributed by atoms with Gasteiger partial charge >= 0.3 is 5.97 Å². The normalized spacial score (nSPS) is 9.37. The fraction of sp³-hybridized carbons (Fsp3) is 0.250. The second-order valence-corrected chi connectivity index (χ2v) is 4.76. The van der Waals surface area contributed by atoms with Crippen LogP contribution in [0.1, 0.15) is 23.5 Å². The van der Waals surface area contributed by atoms with Crippen molar-refractivity contribution in [2.75, 3.05) is 6.61 Å². The quantitative estimate of drug-likeness (QED) is 0.490. The average molecular weight is 282 g/mol. The molecule has 0 bridgehead atoms. The molecule has 1 rings (SSSR count). The molecule has 0 unspecified atom stereocenters. The highest BCUT2D eigenvalue weighted by atomic mass is 32.1. The third kappa shape index (κ3) is 5.82. The van der Waals surface area contributed by atoms with Crippen molar-refractivity contribution in [3.63, 3.8) is 0 Å². The lowest BCUT2D eigenvalue weighted by atomic mass is 10.3. The van der Waals surface area contributed by atoms with Crippen LogP contribution in [0.5, 0.6) is 0 Å². The van der Waals surface area contributed by atoms with E-state index in [1.165, 1.54) is 17.4 Å². The van der Waals surface area contributed by atoms with Crippen LogP contribution in [-0.4, -0.2) is 24.4 Å². The molecule has 6 nitrogen and oxygen atoms in total. The number of carbonyl (C=O) groups is 3. The van der Waals surface area contributed by atoms with E-state index in [4.69, 9.17) is 0 Å². The zero-order chi connectivity index (χ0) is 14.3. The fourth-order valence-electron chi connectivity index (χ4n) is 1.05. The SMILES string of the molecule is CC(C)=CC(=O)OCC(=O)NNC(=O)c1cccs1. The van der Waals surface area contributed by atoms with Gasteiger partial charge in [-0.3, -0.25) is 20.4 Å². The second kappa shape index (κ2) is 7.32. The number of hydrazine groups is 1. The lowest BCUT2D eigenvalue weighted by molar-refractivity contribution is -0.144. The molecule has 1 aromatic heterocycles. The van der Waals surface area contributed by atoms with E-state index >= 15 is 0 Å². The van der Waals surface area contributed by atoms with E-state index in [1.807, 2.05) is 0 Å². The number of thiophene rings is 1. The first-order valence-corrected chi connectivity index (χ1v) is 6.31. The fourth-order valence-corrected chi connectivity index (χ4v) is 1.66. The van der Waals surface area contributed by atoms with Crippen molar-refractivity contribution in [3.05, 3.63) is 34.0 Å². The molecule has 0 aliphatic heterocycles. The lowest BCUT2D eigenvalue weighted by Crippen LogP contribution is -2.43. The number of hydrogen-bond donors (Lipinski definition) is 2. The van der Waals surface area contributed by atoms with Gasteiger partial charge in [0.05, 0.1) is 4.88 Å². The van der Waals surface area contributed by atoms with Crippen LogP contribution in [0.4, 0.5) is 0 Å². The van der Waals surface area contributed by atoms with Gasteiger partial charge in [-0.05, 0) is 25.3 Å². The molecule has 0 saturated carbocycles. The Morgan fingerprint density at radius 3 is 2.63 bits per heavy atom. The van der Waals surface area contributed by atoms with Crippen LogP contribution >= 0.6 is 11.3 Å². The highest BCUT2D eigenvalue weighted by Gasteiger charge is 2.09. The van der Waals surface area contributed by atoms with Gasteiger partial charge in [-0.2, -0.15) is 0 Å². The van der Waals surface area contributed by atoms with Crippen LogP contribution in [-0.2, 0) is 14.3 Å². The average Bonchev–Trinajstić information content (AvgIpc) is 2.86. The molecule has 0 atom stereocenters. The zero-order valence-electron chi connectivity index (χ0n) is 10.6. The number of rotatable bonds is 4. The van der Waals surface area contributed by atoms with E-state index < -0.39 is 24.4 Å². The second-order valence-electron chi connectivity index (χ2n) is 3.81. The summed E-state index contributed by atoms with van der Waals surface area (Å²) in [4.78, 5) is 34.3. The number of hydrogen-bond acceptors (Lipinski definition) is 5. The Morgan fingerprint density at radius 1 is 1.32 bits per heavy atom. The van der Waals surface area contributed by atoms with E-state index in [9.17, 15) is 14.4 Å². The minimum Gasteiger partial charge on any atom is -0.452 e. The third-order valence-corrected chi connectivity index (χ3v) is 2.68. The Hall–Kier alpha value is -2.15. The van der Waals surface area contributed by atoms with Gasteiger partial charge in [0.2, 0.25) is 0 Å². The van der Waals surface area contributed by atoms with Gasteiger partial charge in [0.15, 0.2) is 6.61 Å². The predicted molar refractivity (Wildman–Crippen MR) is 70.3 cm³/mol. The molecule has 0 aliphatic rings. The molecule has 0 aliphatic carbocycles. The van der Waals surface area contributed by atoms with Crippen LogP contribution < -0.4 is 10.9 Å². The summed E-state index contributed by atoms with van der Waals surface area (Å²) in [6, 6.07) is 3.35. The van der Waals surface area contributed by atoms with Gasteiger partial charge in [0.25, 0.3) is 11.8 Å². The molecule has 19 heavy (non-hydrogen) atoms. The highest BCUT2D eigenvalue weighted by Crippen LogP contribution is 2.06. The first-order chi connectivity index (χ1) is 8.99. The minimum atomic E-state index is -0.611. The molecular weight excluding hydrogens is 268 g/mol. The monoisotopic (exact) mass is 282 g/mol. The minimum absolute atomic E-state index is 0.418. The van der Waals surface area contributed by atoms with Crippen molar-refractivity contribution in [2.45, 2.75) is 13.8 Å². The molecule has 0 fully saturated rings. The van der Waals surface area contributed by atoms with Crippen molar-refractivity contribution in [1.82, 2.24) is 10.9 Å². The van der Waals surface area contributed by atoms with Crippen molar-refractivity contribution in [2.24, 2.45) is 0 Å². The topological polar surface area (TPSA) is 84.5 Å². The van der Waals surface area contributed by atoms with Crippen LogP contribution in [0.2, 0.25) is 0 Å². The molecule has 2 N–H and O–H groups in total. The Labute approximate surface area is 114 Å². The van der Waals surface area contributed by atoms with E-state index in [-0.39, 0.29) is 0 Å². The third-order valence-electron chi connectivity index (χ3n) is 1.81. The van der Waals surface area contributed by atoms with Crippen molar-refractivity contribution in [3.8, 4) is 0 Å². The Kier molecular flexibility index (Phi) is 5.74. The largest absolute Gasteiger partial charge is 0.452 e. The molecular formula is C12H14N2O4S. The van der Waals surface area contributed by atoms with E-state index in [1.54, 1.807) is 31.4 Å². The molecule has 0 aromatic carbocycles. The van der Waals surface area contributed by atoms with E-state index in [0.717, 1.165) is 5.57 Å². The van der Waals surface area contributed by atoms with Gasteiger partial charge in [-0.25, -0.2) is 4.79 Å². The van der Waals surface area contributed by atoms with Gasteiger partial charge in [0, 0.05) is 6.08 Å². The van der Waals surface area contributed by atoms with Crippen molar-refractivity contribution in [1.29, 1.82) is 0 Å². The summed E-state index contributed by atoms with van der Waals surface area (Å²) >= 11 is 1.25. The molecule has 0 radical (unpaired) electrons. The Balaban J connectivity index is 2.27. The Morgan fingerprint density at radius 2 is 2.05 bits per heavy atom. The number of ether oxygens (including phenoxy) is 1. The summed E-state index contributed by atoms with van der Waals surface area (Å²) in [6.07, 6.45) is 1.28. The Bertz CT molecular complexity index is 490. The number of amides is 2. The molecule has 1 heterocycles. The summed E-state index contributed by atoms with van der Waals surface area (Å²) in [5.41, 5.74) is 5.14. The predicted octanol–water partition coefficient (Wildman–Crippen LogP) is 1.02. The van der Waals surface area contributed by atoms with Gasteiger partial charge in [0.1, 0.15) is 0 Å². The molecule has 1 aromatic rings. The standard InChI is InChI=1S/C12H14N2O4S/c1-8(2)6-11(16)18-7-10(15)13-14-12(17)9-4-3-5-19-9/h3-6H,7H2,1-2H3,(H,13,15)(H,14,17). The van der Waals surface area contributed by atoms with E-state index in [0.29, 0.717) is 4.88 Å². The summed E-state index contributed by atoms with van der Waals surface area (Å²) in [5, 5.41) is 1.75. The molecule has 2 amide bonds. The highest BCUT2D eigenvalue weighted by molar-refractivity contribution is 7.12. The van der Waals surface area contributed by atoms with Gasteiger partial charge < -0.3 is 4.74 Å². The first-order valence-electron chi connectivity index (χ1n) is 5.43. The van der Waals surface area contributed by atoms with Gasteiger partial charge in [-0.1, -0.05) is 11.6 Å². The van der Waals surface area contributed by atoms with Crippen molar-refractivity contribution >= 4 is 29.1 Å². The smallest absolute Gasteiger partial charge is 0.331 e. The summed E-state index contributed by atoms with van der Waals surface area (Å²) in [5.74, 6) is -1.63. The van der Waals surface area contributed by atoms with E-state index in [2.05, 4.69) is 15.6 Å². The number of carbonyl (C=O) groups excluding carboxylic acids is 3. The van der Waals surface area contributed by atoms with Crippen LogP contribution in [0.25, 0.3) is 0 Å². The zero-order valence-corrected chi connectivity index (χ0v) is 11.4. The summed E-state index contributed by atoms with van der Waals surface area (Å²) in [7, 11) is 0. The maximum absolute atomic E-state index is 11.5. The number of esters is 1. The lowest BCUT2D eigenvalue weighted by Gasteiger charge is -2.06. The number of nitrogens with one attached hydrogen (secondary N) is 2. The van der Waals surface area contributed by atoms with Crippen LogP contribution in [0.3, 0.4) is 0 Å². The van der Waals surface area contributed by atoms with Crippen molar-refractivity contribution < 1.29 is 19.1 Å². The maximum atomic E-state index is 11.5. The van der Waals surface area contributed by atoms with Crippen LogP contribution in [0, 0.1) is 0 Å². The summed E-state index contributed by atoms with van der Waals surface area (Å²) < 4.78 is 4.66. The van der Waals surface area contributed by atoms with Gasteiger partial charge in [-0.15, -0.1) is 11.3 Å². The molecule has 102 valence electrons. The first kappa shape index (κ1) is 14.9. The number of allylic oxidation sites excluding steroid dienone is 1. The van der Waals surface area contributed by atoms with Crippen LogP contribution in [0.15, 0.2) is 29.2 Å².